The Bertz CT molecular complexity index is 5270. The molecule has 21 N–H and O–H groups in total. The normalized spacial score (nSPS) is 24.0. The summed E-state index contributed by atoms with van der Waals surface area (Å²) in [6.07, 6.45) is 9.72. The number of para-hydroxylation sites is 2. The maximum absolute atomic E-state index is 16.1. The highest BCUT2D eigenvalue weighted by Crippen LogP contribution is 2.30. The monoisotopic (exact) mass is 2040 g/mol. The van der Waals surface area contributed by atoms with E-state index in [0.29, 0.717) is 77.0 Å². The van der Waals surface area contributed by atoms with Gasteiger partial charge in [0.15, 0.2) is 0 Å². The molecular weight excluding hydrogens is 1890 g/mol. The smallest absolute Gasteiger partial charge is 0.323 e. The van der Waals surface area contributed by atoms with Crippen molar-refractivity contribution in [2.24, 2.45) is 29.0 Å². The van der Waals surface area contributed by atoms with Crippen molar-refractivity contribution in [3.63, 3.8) is 0 Å². The minimum atomic E-state index is -1.76. The van der Waals surface area contributed by atoms with Gasteiger partial charge in [-0.2, -0.15) is 0 Å². The van der Waals surface area contributed by atoms with Crippen LogP contribution in [-0.2, 0) is 112 Å². The number of H-pyrrole nitrogens is 1. The first-order valence-corrected chi connectivity index (χ1v) is 51.9. The number of carboxylic acid groups (broad SMARTS) is 2. The number of aliphatic carboxylic acids is 2. The Morgan fingerprint density at radius 1 is 0.510 bits per heavy atom. The molecule has 3 aromatic carbocycles. The number of amides is 16. The average Bonchev–Trinajstić information content (AvgIpc) is 1.69. The number of unbranched alkanes of at least 4 members (excludes halogenated alkanes) is 11. The molecule has 5 heterocycles. The molecule has 3 aliphatic heterocycles. The molecule has 3 fully saturated rings. The molecular formula is C102H152N20O22S. The molecule has 0 spiro atoms. The molecule has 0 bridgehead atoms. The maximum atomic E-state index is 16.1. The van der Waals surface area contributed by atoms with E-state index in [1.807, 2.05) is 13.8 Å². The summed E-state index contributed by atoms with van der Waals surface area (Å²) in [5, 5.41) is 69.7. The summed E-state index contributed by atoms with van der Waals surface area (Å²) in [5.74, 6) is -17.6. The van der Waals surface area contributed by atoms with Gasteiger partial charge < -0.3 is 125 Å². The third-order valence-electron chi connectivity index (χ3n) is 26.8. The second kappa shape index (κ2) is 58.4. The lowest BCUT2D eigenvalue weighted by Crippen LogP contribution is -2.62. The maximum Gasteiger partial charge on any atom is 0.323 e. The van der Waals surface area contributed by atoms with E-state index in [1.165, 1.54) is 68.0 Å². The van der Waals surface area contributed by atoms with Crippen molar-refractivity contribution in [3.8, 4) is 5.75 Å². The molecule has 0 saturated carbocycles. The van der Waals surface area contributed by atoms with Gasteiger partial charge in [-0.15, -0.1) is 11.8 Å². The zero-order valence-corrected chi connectivity index (χ0v) is 85.9. The second-order valence-electron chi connectivity index (χ2n) is 39.1. The van der Waals surface area contributed by atoms with Crippen LogP contribution in [0.3, 0.4) is 0 Å². The van der Waals surface area contributed by atoms with Crippen LogP contribution < -0.4 is 70.4 Å². The number of aromatic nitrogens is 2. The molecule has 0 aliphatic carbocycles. The number of fused-ring (bicyclic) bond motifs is 4. The number of nitrogens with two attached hydrogens (primary N) is 3. The molecule has 8 rings (SSSR count). The number of carbonyl (C=O) groups excluding carboxylic acids is 16. The van der Waals surface area contributed by atoms with Crippen LogP contribution in [0.5, 0.6) is 5.75 Å². The molecule has 5 aromatic rings. The Kier molecular flexibility index (Phi) is 47.3. The van der Waals surface area contributed by atoms with Crippen LogP contribution in [0.15, 0.2) is 85.2 Å². The van der Waals surface area contributed by atoms with Crippen LogP contribution in [0, 0.1) is 11.8 Å². The summed E-state index contributed by atoms with van der Waals surface area (Å²) >= 11 is 0.903. The van der Waals surface area contributed by atoms with Gasteiger partial charge in [-0.25, -0.2) is 0 Å². The largest absolute Gasteiger partial charge is 0.508 e. The zero-order chi connectivity index (χ0) is 106. The summed E-state index contributed by atoms with van der Waals surface area (Å²) in [4.78, 5) is 272. The van der Waals surface area contributed by atoms with Gasteiger partial charge >= 0.3 is 11.9 Å². The van der Waals surface area contributed by atoms with Crippen molar-refractivity contribution < 1.29 is 107 Å². The van der Waals surface area contributed by atoms with E-state index in [2.05, 4.69) is 58.2 Å². The lowest BCUT2D eigenvalue weighted by Gasteiger charge is -2.36. The third-order valence-corrected chi connectivity index (χ3v) is 27.8. The number of rotatable bonds is 37. The molecule has 3 aliphatic rings. The number of hydrogen-bond acceptors (Lipinski definition) is 23. The number of carbonyl (C=O) groups is 18. The number of aromatic amines is 1. The molecule has 16 amide bonds. The van der Waals surface area contributed by atoms with Gasteiger partial charge in [-0.3, -0.25) is 86.3 Å². The van der Waals surface area contributed by atoms with Gasteiger partial charge in [0.25, 0.3) is 0 Å². The first-order valence-electron chi connectivity index (χ1n) is 50.8. The van der Waals surface area contributed by atoms with E-state index in [1.54, 1.807) is 82.4 Å². The number of likely N-dealkylation sites (N-methyl/N-ethyl adjacent to an activating group) is 3. The molecule has 145 heavy (non-hydrogen) atoms. The van der Waals surface area contributed by atoms with Gasteiger partial charge in [0.1, 0.15) is 96.9 Å². The number of carboxylic acids is 2. The third kappa shape index (κ3) is 35.3. The van der Waals surface area contributed by atoms with E-state index in [9.17, 15) is 63.3 Å². The standard InChI is InChI=1S/C102H152N20O22S/c1-11-13-33-81-95(137)110-72(46-60(3)4)92(134)116-79(90(132)106-44-28-22-20-18-16-15-17-19-21-23-37-87(127)128)58-145-59-86(126)108-75(48-63-38-40-66(123)41-39-63)98(140)117(8)62(7)89(131)112-77(52-85(105)125)100(142)121-45-29-36-82(121)96(138)115-78(53-104)94(136)113-74(47-61(5)6)101(143)122-56-67(124)51-84(122)97(139)111-73(49-64-54-107-70-32-26-24-30-68(64)70)93(135)109-71(42-43-103)91(133)114-76(99(141)119(10)83(34-14-12-2)102(144)118(81)9)50-65-55-120(57-88(129)130)80-35-27-25-31-69(65)80/h24-27,30-32,35,38-41,54-55,60-62,67,71-79,81-84,107,123-124H,11-23,28-29,33-34,36-37,42-53,56-59,103-104H2,1-10H3,(H2,105,125)(H,106,132)(H,108,126)(H,109,135)(H,110,137)(H,111,139)(H,112,131)(H,113,136)(H,114,133)(H,115,138)(H,116,134)(H,127,128)(H,129,130)/t62-,67+,71-,72-,73-,74-,75-,76-,77-,78-,79-,81-,82+,83-,84-/m0/s1. The lowest BCUT2D eigenvalue weighted by atomic mass is 9.99. The van der Waals surface area contributed by atoms with Gasteiger partial charge in [0, 0.05) is 119 Å². The predicted molar refractivity (Wildman–Crippen MR) is 544 cm³/mol. The number of phenols is 1. The average molecular weight is 2040 g/mol. The summed E-state index contributed by atoms with van der Waals surface area (Å²) in [6, 6.07) is -1.54. The van der Waals surface area contributed by atoms with Gasteiger partial charge in [0.05, 0.1) is 18.3 Å². The quantitative estimate of drug-likeness (QED) is 0.0254. The lowest BCUT2D eigenvalue weighted by molar-refractivity contribution is -0.149. The van der Waals surface area contributed by atoms with E-state index >= 15 is 38.4 Å². The number of aromatic hydroxyl groups is 1. The van der Waals surface area contributed by atoms with Crippen molar-refractivity contribution in [3.05, 3.63) is 102 Å². The van der Waals surface area contributed by atoms with Crippen LogP contribution in [0.2, 0.25) is 0 Å². The number of thioether (sulfide) groups is 1. The zero-order valence-electron chi connectivity index (χ0n) is 85.1. The molecule has 798 valence electrons. The number of phenolic OH excluding ortho intramolecular Hbond substituents is 1. The molecule has 42 nitrogen and oxygen atoms in total. The van der Waals surface area contributed by atoms with Crippen LogP contribution >= 0.6 is 11.8 Å². The molecule has 43 heteroatoms. The van der Waals surface area contributed by atoms with E-state index < -0.39 is 229 Å². The Balaban J connectivity index is 1.19. The summed E-state index contributed by atoms with van der Waals surface area (Å²) in [6.45, 7) is 10.4. The number of hydrogen-bond donors (Lipinski definition) is 18. The van der Waals surface area contributed by atoms with Crippen LogP contribution in [0.4, 0.5) is 0 Å². The Morgan fingerprint density at radius 3 is 1.68 bits per heavy atom. The molecule has 0 radical (unpaired) electrons. The van der Waals surface area contributed by atoms with Crippen molar-refractivity contribution >= 4 is 140 Å². The summed E-state index contributed by atoms with van der Waals surface area (Å²) in [7, 11) is 4.01. The Hall–Kier alpha value is -12.8. The van der Waals surface area contributed by atoms with Crippen molar-refractivity contribution in [2.75, 3.05) is 65.4 Å². The molecule has 2 aromatic heterocycles. The molecule has 3 saturated heterocycles. The highest BCUT2D eigenvalue weighted by atomic mass is 32.2. The second-order valence-corrected chi connectivity index (χ2v) is 40.1. The Morgan fingerprint density at radius 2 is 1.04 bits per heavy atom. The van der Waals surface area contributed by atoms with Crippen molar-refractivity contribution in [2.45, 2.75) is 319 Å². The highest BCUT2D eigenvalue weighted by molar-refractivity contribution is 8.00. The fraction of sp³-hybridized carbons (Fsp3) is 0.608. The van der Waals surface area contributed by atoms with Crippen LogP contribution in [0.25, 0.3) is 21.8 Å². The summed E-state index contributed by atoms with van der Waals surface area (Å²) in [5.41, 5.74) is 20.7. The topological polar surface area (TPSA) is 623 Å². The van der Waals surface area contributed by atoms with Gasteiger partial charge in [-0.1, -0.05) is 167 Å². The van der Waals surface area contributed by atoms with Crippen LogP contribution in [-0.4, -0.2) is 317 Å². The first kappa shape index (κ1) is 117. The number of nitrogens with one attached hydrogen (secondary N) is 11. The number of aliphatic hydroxyl groups excluding tert-OH is 1. The minimum Gasteiger partial charge on any atom is -0.508 e. The van der Waals surface area contributed by atoms with Gasteiger partial charge in [-0.05, 0) is 124 Å². The fourth-order valence-corrected chi connectivity index (χ4v) is 19.5. The Labute approximate surface area is 850 Å². The van der Waals surface area contributed by atoms with E-state index in [0.717, 1.165) is 82.7 Å². The number of primary amides is 1. The number of aliphatic hydroxyl groups is 1. The molecule has 15 atom stereocenters. The van der Waals surface area contributed by atoms with Crippen molar-refractivity contribution in [1.29, 1.82) is 0 Å². The number of nitrogens with zero attached hydrogens (tertiary/aromatic N) is 6. The SMILES string of the molecule is CCCC[C@H]1C(=O)N(C)[C@@H](CCCC)C(=O)N[C@@H](CC(C)C)C(=O)N[C@H](C(=O)NCCCCCCCCCCCCC(=O)O)CSCC(=O)N[C@@H](Cc2ccc(O)cc2)C(=O)N(C)[C@@H](C)C(=O)N[C@@H](CC(N)=O)C(=O)N2CCC[C@@H]2C(=O)N[C@@H](CN)C(=O)N[C@@H](CC(C)C)C(=O)N2C[C@H](O)C[C@H]2C(=O)N[C@@H](Cc2c[nH]c3ccccc23)C(=O)N[C@@H](CCN)C(=O)N[C@@H](Cc2cn(CC(=O)O)c3ccccc23)C(=O)N1C. The fourth-order valence-electron chi connectivity index (χ4n) is 18.7. The van der Waals surface area contributed by atoms with Crippen molar-refractivity contribution in [1.82, 2.24) is 87.2 Å². The highest BCUT2D eigenvalue weighted by Gasteiger charge is 2.47. The number of benzene rings is 3. The van der Waals surface area contributed by atoms with E-state index in [-0.39, 0.29) is 120 Å². The summed E-state index contributed by atoms with van der Waals surface area (Å²) < 4.78 is 1.46. The first-order chi connectivity index (χ1) is 69.1. The predicted octanol–water partition coefficient (Wildman–Crippen LogP) is 2.65. The van der Waals surface area contributed by atoms with Crippen LogP contribution in [0.1, 0.15) is 219 Å². The van der Waals surface area contributed by atoms with Gasteiger partial charge in [0.2, 0.25) is 94.5 Å². The minimum absolute atomic E-state index is 0.00200. The van der Waals surface area contributed by atoms with E-state index in [4.69, 9.17) is 22.3 Å². The molecule has 0 unspecified atom stereocenters.